The molecule has 188 valence electrons. The highest BCUT2D eigenvalue weighted by Gasteiger charge is 2.11. The summed E-state index contributed by atoms with van der Waals surface area (Å²) in [5.41, 5.74) is 3.95. The molecular formula is C30H35N3O3. The number of rotatable bonds is 13. The van der Waals surface area contributed by atoms with E-state index in [0.29, 0.717) is 13.2 Å². The number of carbonyl (C=O) groups is 1. The van der Waals surface area contributed by atoms with Gasteiger partial charge < -0.3 is 19.4 Å². The lowest BCUT2D eigenvalue weighted by Crippen LogP contribution is -2.25. The average molecular weight is 486 g/mol. The number of aromatic nitrogens is 2. The number of fused-ring (bicyclic) bond motifs is 1. The zero-order chi connectivity index (χ0) is 25.2. The van der Waals surface area contributed by atoms with Crippen LogP contribution in [0.3, 0.4) is 0 Å². The lowest BCUT2D eigenvalue weighted by Gasteiger charge is -2.12. The number of benzene rings is 3. The van der Waals surface area contributed by atoms with Crippen molar-refractivity contribution in [3.8, 4) is 11.5 Å². The molecule has 0 atom stereocenters. The van der Waals surface area contributed by atoms with Crippen LogP contribution in [0, 0.1) is 6.92 Å². The first-order chi connectivity index (χ1) is 17.7. The van der Waals surface area contributed by atoms with Gasteiger partial charge in [-0.2, -0.15) is 0 Å². The van der Waals surface area contributed by atoms with Crippen LogP contribution >= 0.6 is 0 Å². The summed E-state index contributed by atoms with van der Waals surface area (Å²) in [4.78, 5) is 17.3. The second-order valence-electron chi connectivity index (χ2n) is 8.90. The molecule has 4 aromatic rings. The van der Waals surface area contributed by atoms with Gasteiger partial charge in [0, 0.05) is 25.1 Å². The molecule has 0 fully saturated rings. The first-order valence-electron chi connectivity index (χ1n) is 12.7. The van der Waals surface area contributed by atoms with Crippen molar-refractivity contribution in [3.05, 3.63) is 89.7 Å². The lowest BCUT2D eigenvalue weighted by atomic mass is 10.1. The number of para-hydroxylation sites is 4. The van der Waals surface area contributed by atoms with Crippen LogP contribution in [0.1, 0.15) is 47.4 Å². The summed E-state index contributed by atoms with van der Waals surface area (Å²) in [5, 5.41) is 3.04. The standard InChI is InChI=1S/C30H35N3O3/c1-23-13-5-6-14-24(23)30(34)31-20-11-3-4-19-29-32-25-15-7-8-16-26(25)33(29)21-12-22-36-28-18-10-9-17-27(28)35-2/h5-10,13-18H,3-4,11-12,19-22H2,1-2H3,(H,31,34). The Morgan fingerprint density at radius 1 is 0.889 bits per heavy atom. The predicted molar refractivity (Wildman–Crippen MR) is 144 cm³/mol. The third-order valence-electron chi connectivity index (χ3n) is 6.34. The molecule has 0 unspecified atom stereocenters. The summed E-state index contributed by atoms with van der Waals surface area (Å²) in [6, 6.07) is 23.7. The van der Waals surface area contributed by atoms with E-state index in [9.17, 15) is 4.79 Å². The summed E-state index contributed by atoms with van der Waals surface area (Å²) in [6.07, 6.45) is 4.80. The normalized spacial score (nSPS) is 10.9. The minimum atomic E-state index is 0.00485. The number of amides is 1. The highest BCUT2D eigenvalue weighted by Crippen LogP contribution is 2.26. The zero-order valence-corrected chi connectivity index (χ0v) is 21.2. The van der Waals surface area contributed by atoms with Crippen molar-refractivity contribution in [3.63, 3.8) is 0 Å². The number of hydrogen-bond acceptors (Lipinski definition) is 4. The largest absolute Gasteiger partial charge is 0.493 e. The fourth-order valence-electron chi connectivity index (χ4n) is 4.42. The minimum absolute atomic E-state index is 0.00485. The van der Waals surface area contributed by atoms with Gasteiger partial charge in [0.15, 0.2) is 11.5 Å². The van der Waals surface area contributed by atoms with E-state index in [1.807, 2.05) is 61.5 Å². The molecular weight excluding hydrogens is 450 g/mol. The first kappa shape index (κ1) is 25.3. The van der Waals surface area contributed by atoms with Crippen molar-refractivity contribution in [2.75, 3.05) is 20.3 Å². The molecule has 0 radical (unpaired) electrons. The zero-order valence-electron chi connectivity index (χ0n) is 21.2. The van der Waals surface area contributed by atoms with Gasteiger partial charge >= 0.3 is 0 Å². The molecule has 0 saturated heterocycles. The van der Waals surface area contributed by atoms with E-state index in [-0.39, 0.29) is 5.91 Å². The van der Waals surface area contributed by atoms with Gasteiger partial charge in [0.05, 0.1) is 24.8 Å². The molecule has 0 saturated carbocycles. The Morgan fingerprint density at radius 3 is 2.47 bits per heavy atom. The van der Waals surface area contributed by atoms with Crippen LogP contribution in [0.4, 0.5) is 0 Å². The van der Waals surface area contributed by atoms with Gasteiger partial charge in [0.2, 0.25) is 0 Å². The van der Waals surface area contributed by atoms with Crippen molar-refractivity contribution < 1.29 is 14.3 Å². The Bertz CT molecular complexity index is 1280. The molecule has 0 aliphatic heterocycles. The topological polar surface area (TPSA) is 65.4 Å². The van der Waals surface area contributed by atoms with E-state index >= 15 is 0 Å². The predicted octanol–water partition coefficient (Wildman–Crippen LogP) is 5.97. The molecule has 6 nitrogen and oxygen atoms in total. The smallest absolute Gasteiger partial charge is 0.251 e. The van der Waals surface area contributed by atoms with Gasteiger partial charge in [0.1, 0.15) is 5.82 Å². The molecule has 3 aromatic carbocycles. The number of aryl methyl sites for hydroxylation is 3. The summed E-state index contributed by atoms with van der Waals surface area (Å²) in [5.74, 6) is 2.63. The van der Waals surface area contributed by atoms with Gasteiger partial charge in [-0.3, -0.25) is 4.79 Å². The van der Waals surface area contributed by atoms with Crippen molar-refractivity contribution in [1.29, 1.82) is 0 Å². The maximum Gasteiger partial charge on any atom is 0.251 e. The van der Waals surface area contributed by atoms with E-state index in [4.69, 9.17) is 14.5 Å². The Hall–Kier alpha value is -3.80. The van der Waals surface area contributed by atoms with E-state index in [0.717, 1.165) is 78.1 Å². The highest BCUT2D eigenvalue weighted by molar-refractivity contribution is 5.95. The molecule has 1 amide bonds. The fourth-order valence-corrected chi connectivity index (χ4v) is 4.42. The van der Waals surface area contributed by atoms with Crippen LogP contribution in [0.5, 0.6) is 11.5 Å². The van der Waals surface area contributed by atoms with Crippen LogP contribution in [-0.4, -0.2) is 35.7 Å². The number of nitrogens with zero attached hydrogens (tertiary/aromatic N) is 2. The van der Waals surface area contributed by atoms with Gasteiger partial charge in [-0.15, -0.1) is 0 Å². The summed E-state index contributed by atoms with van der Waals surface area (Å²) in [7, 11) is 1.66. The third-order valence-corrected chi connectivity index (χ3v) is 6.34. The molecule has 0 aliphatic rings. The highest BCUT2D eigenvalue weighted by atomic mass is 16.5. The van der Waals surface area contributed by atoms with E-state index in [1.54, 1.807) is 7.11 Å². The molecule has 0 spiro atoms. The van der Waals surface area contributed by atoms with E-state index in [1.165, 1.54) is 0 Å². The summed E-state index contributed by atoms with van der Waals surface area (Å²) < 4.78 is 13.7. The molecule has 1 aromatic heterocycles. The van der Waals surface area contributed by atoms with Crippen LogP contribution in [0.2, 0.25) is 0 Å². The maximum absolute atomic E-state index is 12.4. The average Bonchev–Trinajstić information content (AvgIpc) is 3.26. The molecule has 36 heavy (non-hydrogen) atoms. The number of hydrogen-bond donors (Lipinski definition) is 1. The lowest BCUT2D eigenvalue weighted by molar-refractivity contribution is 0.0952. The van der Waals surface area contributed by atoms with Crippen LogP contribution in [-0.2, 0) is 13.0 Å². The number of imidazole rings is 1. The van der Waals surface area contributed by atoms with E-state index in [2.05, 4.69) is 28.1 Å². The summed E-state index contributed by atoms with van der Waals surface area (Å²) >= 11 is 0. The molecule has 0 aliphatic carbocycles. The van der Waals surface area contributed by atoms with Gasteiger partial charge in [-0.05, 0) is 62.1 Å². The summed E-state index contributed by atoms with van der Waals surface area (Å²) in [6.45, 7) is 4.10. The Kier molecular flexibility index (Phi) is 8.98. The Labute approximate surface area is 213 Å². The number of unbranched alkanes of at least 4 members (excludes halogenated alkanes) is 2. The SMILES string of the molecule is COc1ccccc1OCCCn1c(CCCCCNC(=O)c2ccccc2C)nc2ccccc21. The van der Waals surface area contributed by atoms with Crippen LogP contribution in [0.15, 0.2) is 72.8 Å². The fraction of sp³-hybridized carbons (Fsp3) is 0.333. The molecule has 1 heterocycles. The maximum atomic E-state index is 12.4. The molecule has 6 heteroatoms. The van der Waals surface area contributed by atoms with Gasteiger partial charge in [0.25, 0.3) is 5.91 Å². The van der Waals surface area contributed by atoms with Crippen molar-refractivity contribution in [2.45, 2.75) is 45.6 Å². The number of methoxy groups -OCH3 is 1. The Balaban J connectivity index is 1.26. The minimum Gasteiger partial charge on any atom is -0.493 e. The van der Waals surface area contributed by atoms with Gasteiger partial charge in [-0.25, -0.2) is 4.98 Å². The second-order valence-corrected chi connectivity index (χ2v) is 8.90. The molecule has 0 bridgehead atoms. The molecule has 1 N–H and O–H groups in total. The number of nitrogens with one attached hydrogen (secondary N) is 1. The number of carbonyl (C=O) groups excluding carboxylic acids is 1. The first-order valence-corrected chi connectivity index (χ1v) is 12.7. The van der Waals surface area contributed by atoms with Crippen molar-refractivity contribution in [1.82, 2.24) is 14.9 Å². The van der Waals surface area contributed by atoms with Crippen molar-refractivity contribution in [2.24, 2.45) is 0 Å². The van der Waals surface area contributed by atoms with Gasteiger partial charge in [-0.1, -0.05) is 48.9 Å². The van der Waals surface area contributed by atoms with Crippen LogP contribution in [0.25, 0.3) is 11.0 Å². The third kappa shape index (κ3) is 6.45. The molecule has 4 rings (SSSR count). The Morgan fingerprint density at radius 2 is 1.64 bits per heavy atom. The second kappa shape index (κ2) is 12.8. The van der Waals surface area contributed by atoms with Crippen molar-refractivity contribution >= 4 is 16.9 Å². The van der Waals surface area contributed by atoms with Crippen LogP contribution < -0.4 is 14.8 Å². The number of ether oxygens (including phenoxy) is 2. The van der Waals surface area contributed by atoms with E-state index < -0.39 is 0 Å². The monoisotopic (exact) mass is 485 g/mol. The quantitative estimate of drug-likeness (QED) is 0.237.